The standard InChI is InChI=1S/C14H10BrClF2O/c1-7-4-8(2-3-10(7)15)14(19)9-5-12(17)13(18)6-11(9)16/h2-6,14,19H,1H3. The topological polar surface area (TPSA) is 20.2 Å². The maximum Gasteiger partial charge on any atom is 0.160 e. The summed E-state index contributed by atoms with van der Waals surface area (Å²) in [5.41, 5.74) is 1.63. The fourth-order valence-electron chi connectivity index (χ4n) is 1.77. The Labute approximate surface area is 123 Å². The van der Waals surface area contributed by atoms with E-state index in [9.17, 15) is 13.9 Å². The Morgan fingerprint density at radius 1 is 1.16 bits per heavy atom. The monoisotopic (exact) mass is 346 g/mol. The zero-order valence-electron chi connectivity index (χ0n) is 9.92. The van der Waals surface area contributed by atoms with Crippen LogP contribution in [0.4, 0.5) is 8.78 Å². The number of aliphatic hydroxyl groups excluding tert-OH is 1. The van der Waals surface area contributed by atoms with E-state index in [0.29, 0.717) is 5.56 Å². The Balaban J connectivity index is 2.46. The van der Waals surface area contributed by atoms with Gasteiger partial charge in [-0.3, -0.25) is 0 Å². The molecule has 0 saturated carbocycles. The third kappa shape index (κ3) is 2.96. The van der Waals surface area contributed by atoms with Crippen LogP contribution in [0.2, 0.25) is 5.02 Å². The van der Waals surface area contributed by atoms with Gasteiger partial charge in [0, 0.05) is 15.1 Å². The summed E-state index contributed by atoms with van der Waals surface area (Å²) in [6.07, 6.45) is -1.10. The minimum Gasteiger partial charge on any atom is -0.384 e. The molecule has 1 atom stereocenters. The fourth-order valence-corrected chi connectivity index (χ4v) is 2.27. The predicted octanol–water partition coefficient (Wildman–Crippen LogP) is 4.77. The predicted molar refractivity (Wildman–Crippen MR) is 74.3 cm³/mol. The molecule has 1 nitrogen and oxygen atoms in total. The van der Waals surface area contributed by atoms with Gasteiger partial charge in [-0.2, -0.15) is 0 Å². The van der Waals surface area contributed by atoms with Crippen molar-refractivity contribution in [2.24, 2.45) is 0 Å². The molecule has 0 bridgehead atoms. The summed E-state index contributed by atoms with van der Waals surface area (Å²) in [6.45, 7) is 1.87. The summed E-state index contributed by atoms with van der Waals surface area (Å²) in [5, 5.41) is 10.2. The van der Waals surface area contributed by atoms with Gasteiger partial charge in [0.15, 0.2) is 11.6 Å². The SMILES string of the molecule is Cc1cc(C(O)c2cc(F)c(F)cc2Cl)ccc1Br. The second kappa shape index (κ2) is 5.57. The van der Waals surface area contributed by atoms with Crippen LogP contribution in [0.25, 0.3) is 0 Å². The molecule has 1 unspecified atom stereocenters. The molecule has 0 spiro atoms. The van der Waals surface area contributed by atoms with E-state index in [0.717, 1.165) is 22.2 Å². The Hall–Kier alpha value is -0.970. The van der Waals surface area contributed by atoms with Crippen LogP contribution in [-0.2, 0) is 0 Å². The quantitative estimate of drug-likeness (QED) is 0.776. The molecule has 0 fully saturated rings. The average molecular weight is 348 g/mol. The van der Waals surface area contributed by atoms with Gasteiger partial charge in [-0.1, -0.05) is 39.7 Å². The smallest absolute Gasteiger partial charge is 0.160 e. The first-order chi connectivity index (χ1) is 8.90. The molecule has 0 aliphatic carbocycles. The largest absolute Gasteiger partial charge is 0.384 e. The highest BCUT2D eigenvalue weighted by atomic mass is 79.9. The number of aliphatic hydroxyl groups is 1. The summed E-state index contributed by atoms with van der Waals surface area (Å²) in [5.74, 6) is -2.07. The lowest BCUT2D eigenvalue weighted by atomic mass is 10.00. The lowest BCUT2D eigenvalue weighted by Crippen LogP contribution is -2.03. The van der Waals surface area contributed by atoms with Crippen LogP contribution in [-0.4, -0.2) is 5.11 Å². The zero-order valence-corrected chi connectivity index (χ0v) is 12.3. The summed E-state index contributed by atoms with van der Waals surface area (Å²) in [6, 6.07) is 7.01. The van der Waals surface area contributed by atoms with Gasteiger partial charge in [0.25, 0.3) is 0 Å². The minimum absolute atomic E-state index is 0.00743. The number of benzene rings is 2. The number of hydrogen-bond acceptors (Lipinski definition) is 1. The number of halogens is 4. The second-order valence-electron chi connectivity index (χ2n) is 4.20. The van der Waals surface area contributed by atoms with Crippen molar-refractivity contribution < 1.29 is 13.9 Å². The summed E-state index contributed by atoms with van der Waals surface area (Å²) in [4.78, 5) is 0. The molecule has 1 N–H and O–H groups in total. The molecule has 19 heavy (non-hydrogen) atoms. The maximum atomic E-state index is 13.2. The van der Waals surface area contributed by atoms with E-state index < -0.39 is 17.7 Å². The van der Waals surface area contributed by atoms with Crippen molar-refractivity contribution in [2.45, 2.75) is 13.0 Å². The van der Waals surface area contributed by atoms with Crippen LogP contribution in [0.3, 0.4) is 0 Å². The van der Waals surface area contributed by atoms with Gasteiger partial charge in [-0.25, -0.2) is 8.78 Å². The van der Waals surface area contributed by atoms with Crippen molar-refractivity contribution in [3.8, 4) is 0 Å². The van der Waals surface area contributed by atoms with Crippen LogP contribution in [0.1, 0.15) is 22.8 Å². The van der Waals surface area contributed by atoms with Crippen molar-refractivity contribution in [1.82, 2.24) is 0 Å². The molecule has 0 amide bonds. The molecular formula is C14H10BrClF2O. The van der Waals surface area contributed by atoms with E-state index in [2.05, 4.69) is 15.9 Å². The number of hydrogen-bond donors (Lipinski definition) is 1. The van der Waals surface area contributed by atoms with Crippen molar-refractivity contribution in [1.29, 1.82) is 0 Å². The third-order valence-electron chi connectivity index (χ3n) is 2.83. The summed E-state index contributed by atoms with van der Waals surface area (Å²) < 4.78 is 27.1. The van der Waals surface area contributed by atoms with E-state index in [4.69, 9.17) is 11.6 Å². The highest BCUT2D eigenvalue weighted by Crippen LogP contribution is 2.31. The fraction of sp³-hybridized carbons (Fsp3) is 0.143. The molecule has 0 saturated heterocycles. The van der Waals surface area contributed by atoms with Crippen molar-refractivity contribution in [3.05, 3.63) is 68.2 Å². The first kappa shape index (κ1) is 14.4. The lowest BCUT2D eigenvalue weighted by Gasteiger charge is -2.14. The Morgan fingerprint density at radius 2 is 1.79 bits per heavy atom. The van der Waals surface area contributed by atoms with E-state index >= 15 is 0 Å². The summed E-state index contributed by atoms with van der Waals surface area (Å²) in [7, 11) is 0. The van der Waals surface area contributed by atoms with Crippen LogP contribution in [0, 0.1) is 18.6 Å². The minimum atomic E-state index is -1.10. The average Bonchev–Trinajstić information content (AvgIpc) is 2.36. The van der Waals surface area contributed by atoms with E-state index in [1.54, 1.807) is 18.2 Å². The van der Waals surface area contributed by atoms with E-state index in [1.165, 1.54) is 0 Å². The Kier molecular flexibility index (Phi) is 4.23. The van der Waals surface area contributed by atoms with Crippen LogP contribution in [0.5, 0.6) is 0 Å². The Bertz CT molecular complexity index is 631. The number of aryl methyl sites for hydroxylation is 1. The maximum absolute atomic E-state index is 13.2. The molecular weight excluding hydrogens is 338 g/mol. The van der Waals surface area contributed by atoms with Gasteiger partial charge in [0.1, 0.15) is 6.10 Å². The zero-order chi connectivity index (χ0) is 14.2. The van der Waals surface area contributed by atoms with Crippen LogP contribution >= 0.6 is 27.5 Å². The van der Waals surface area contributed by atoms with Crippen molar-refractivity contribution in [2.75, 3.05) is 0 Å². The molecule has 0 aliphatic heterocycles. The molecule has 2 aromatic carbocycles. The van der Waals surface area contributed by atoms with Gasteiger partial charge in [-0.05, 0) is 36.2 Å². The molecule has 0 aliphatic rings. The van der Waals surface area contributed by atoms with Gasteiger partial charge < -0.3 is 5.11 Å². The van der Waals surface area contributed by atoms with Gasteiger partial charge in [0.05, 0.1) is 0 Å². The Morgan fingerprint density at radius 3 is 2.42 bits per heavy atom. The van der Waals surface area contributed by atoms with Crippen LogP contribution in [0.15, 0.2) is 34.8 Å². The molecule has 100 valence electrons. The van der Waals surface area contributed by atoms with Gasteiger partial charge in [0.2, 0.25) is 0 Å². The highest BCUT2D eigenvalue weighted by Gasteiger charge is 2.17. The molecule has 2 rings (SSSR count). The first-order valence-corrected chi connectivity index (χ1v) is 6.66. The lowest BCUT2D eigenvalue weighted by molar-refractivity contribution is 0.219. The molecule has 0 radical (unpaired) electrons. The first-order valence-electron chi connectivity index (χ1n) is 5.48. The van der Waals surface area contributed by atoms with Gasteiger partial charge in [-0.15, -0.1) is 0 Å². The third-order valence-corrected chi connectivity index (χ3v) is 4.05. The van der Waals surface area contributed by atoms with Crippen molar-refractivity contribution >= 4 is 27.5 Å². The van der Waals surface area contributed by atoms with Gasteiger partial charge >= 0.3 is 0 Å². The van der Waals surface area contributed by atoms with Crippen LogP contribution < -0.4 is 0 Å². The van der Waals surface area contributed by atoms with Crippen molar-refractivity contribution in [3.63, 3.8) is 0 Å². The number of rotatable bonds is 2. The molecule has 5 heteroatoms. The van der Waals surface area contributed by atoms with E-state index in [-0.39, 0.29) is 10.6 Å². The highest BCUT2D eigenvalue weighted by molar-refractivity contribution is 9.10. The molecule has 0 aromatic heterocycles. The summed E-state index contributed by atoms with van der Waals surface area (Å²) >= 11 is 9.19. The normalized spacial score (nSPS) is 12.5. The second-order valence-corrected chi connectivity index (χ2v) is 5.46. The molecule has 0 heterocycles. The van der Waals surface area contributed by atoms with E-state index in [1.807, 2.05) is 6.92 Å². The molecule has 2 aromatic rings.